The summed E-state index contributed by atoms with van der Waals surface area (Å²) in [6.07, 6.45) is 9.80. The summed E-state index contributed by atoms with van der Waals surface area (Å²) in [5, 5.41) is 0. The Labute approximate surface area is 56.8 Å². The molecule has 9 heavy (non-hydrogen) atoms. The monoisotopic (exact) mass is 125 g/mol. The van der Waals surface area contributed by atoms with Gasteiger partial charge in [0.1, 0.15) is 0 Å². The third kappa shape index (κ3) is 7.41. The maximum atomic E-state index is 9.69. The van der Waals surface area contributed by atoms with Gasteiger partial charge in [0.05, 0.1) is 0 Å². The first-order valence-corrected chi connectivity index (χ1v) is 3.38. The fourth-order valence-electron chi connectivity index (χ4n) is 0.626. The molecule has 0 atom stereocenters. The predicted octanol–water partition coefficient (Wildman–Crippen LogP) is 2.23. The van der Waals surface area contributed by atoms with Gasteiger partial charge in [0.15, 0.2) is 6.29 Å². The van der Waals surface area contributed by atoms with Crippen molar-refractivity contribution >= 4 is 6.29 Å². The van der Waals surface area contributed by atoms with Gasteiger partial charge in [-0.05, 0) is 26.2 Å². The van der Waals surface area contributed by atoms with Crippen molar-refractivity contribution in [2.45, 2.75) is 32.6 Å². The molecule has 0 saturated carbocycles. The Bertz CT molecular complexity index is 84.6. The van der Waals surface area contributed by atoms with Gasteiger partial charge in [0.2, 0.25) is 0 Å². The van der Waals surface area contributed by atoms with Crippen LogP contribution in [0.3, 0.4) is 0 Å². The van der Waals surface area contributed by atoms with E-state index in [1.807, 2.05) is 19.3 Å². The van der Waals surface area contributed by atoms with Crippen molar-refractivity contribution in [2.24, 2.45) is 0 Å². The maximum Gasteiger partial charge on any atom is 0.198 e. The molecule has 0 bridgehead atoms. The second-order valence-electron chi connectivity index (χ2n) is 1.96. The average molecular weight is 125 g/mol. The van der Waals surface area contributed by atoms with Crippen molar-refractivity contribution in [3.8, 4) is 0 Å². The zero-order valence-corrected chi connectivity index (χ0v) is 5.89. The molecule has 0 aliphatic rings. The van der Waals surface area contributed by atoms with Gasteiger partial charge >= 0.3 is 0 Å². The van der Waals surface area contributed by atoms with E-state index in [4.69, 9.17) is 0 Å². The first-order valence-electron chi connectivity index (χ1n) is 3.38. The molecule has 0 aliphatic carbocycles. The Morgan fingerprint density at radius 2 is 2.22 bits per heavy atom. The molecule has 0 amide bonds. The molecule has 0 fully saturated rings. The lowest BCUT2D eigenvalue weighted by Gasteiger charge is -1.87. The van der Waals surface area contributed by atoms with Crippen LogP contribution in [0.5, 0.6) is 0 Å². The lowest BCUT2D eigenvalue weighted by molar-refractivity contribution is 0.547. The number of hydrogen-bond acceptors (Lipinski definition) is 1. The first kappa shape index (κ1) is 8.41. The minimum atomic E-state index is 0.595. The fraction of sp³-hybridized carbons (Fsp3) is 0.625. The van der Waals surface area contributed by atoms with Crippen LogP contribution in [-0.4, -0.2) is 6.29 Å². The van der Waals surface area contributed by atoms with Gasteiger partial charge in [-0.2, -0.15) is 0 Å². The smallest absolute Gasteiger partial charge is 0.198 e. The molecule has 0 heterocycles. The van der Waals surface area contributed by atoms with Crippen molar-refractivity contribution in [2.75, 3.05) is 0 Å². The molecule has 0 aromatic carbocycles. The Kier molecular flexibility index (Phi) is 6.92. The Morgan fingerprint density at radius 3 is 2.78 bits per heavy atom. The van der Waals surface area contributed by atoms with Crippen LogP contribution >= 0.6 is 0 Å². The molecule has 0 N–H and O–H groups in total. The third-order valence-corrected chi connectivity index (χ3v) is 1.14. The van der Waals surface area contributed by atoms with Crippen molar-refractivity contribution in [3.05, 3.63) is 12.2 Å². The summed E-state index contributed by atoms with van der Waals surface area (Å²) in [6.45, 7) is 2.01. The third-order valence-electron chi connectivity index (χ3n) is 1.14. The average Bonchev–Trinajstić information content (AvgIpc) is 1.89. The van der Waals surface area contributed by atoms with E-state index in [-0.39, 0.29) is 0 Å². The molecular weight excluding hydrogens is 112 g/mol. The van der Waals surface area contributed by atoms with Crippen LogP contribution in [0.15, 0.2) is 12.2 Å². The van der Waals surface area contributed by atoms with Crippen molar-refractivity contribution in [3.63, 3.8) is 0 Å². The lowest BCUT2D eigenvalue weighted by atomic mass is 10.2. The second kappa shape index (κ2) is 7.41. The maximum absolute atomic E-state index is 9.69. The zero-order valence-electron chi connectivity index (χ0n) is 5.89. The largest absolute Gasteiger partial charge is 0.291 e. The molecular formula is C8H13O. The van der Waals surface area contributed by atoms with E-state index in [0.29, 0.717) is 6.42 Å². The number of carbonyl (C=O) groups excluding carboxylic acids is 1. The van der Waals surface area contributed by atoms with E-state index in [9.17, 15) is 4.79 Å². The van der Waals surface area contributed by atoms with Gasteiger partial charge in [0, 0.05) is 6.42 Å². The minimum Gasteiger partial charge on any atom is -0.291 e. The molecule has 51 valence electrons. The minimum absolute atomic E-state index is 0.595. The zero-order chi connectivity index (χ0) is 6.95. The highest BCUT2D eigenvalue weighted by Crippen LogP contribution is 1.97. The summed E-state index contributed by atoms with van der Waals surface area (Å²) in [6, 6.07) is 0. The van der Waals surface area contributed by atoms with E-state index >= 15 is 0 Å². The van der Waals surface area contributed by atoms with E-state index in [1.165, 1.54) is 0 Å². The summed E-state index contributed by atoms with van der Waals surface area (Å²) < 4.78 is 0. The fourth-order valence-corrected chi connectivity index (χ4v) is 0.626. The van der Waals surface area contributed by atoms with Crippen LogP contribution in [0.4, 0.5) is 0 Å². The molecule has 0 aromatic rings. The number of rotatable bonds is 5. The van der Waals surface area contributed by atoms with Crippen molar-refractivity contribution in [1.29, 1.82) is 0 Å². The lowest BCUT2D eigenvalue weighted by Crippen LogP contribution is -1.75. The molecule has 0 aromatic heterocycles. The van der Waals surface area contributed by atoms with Gasteiger partial charge in [0.25, 0.3) is 0 Å². The quantitative estimate of drug-likeness (QED) is 0.407. The van der Waals surface area contributed by atoms with Gasteiger partial charge in [-0.25, -0.2) is 0 Å². The summed E-state index contributed by atoms with van der Waals surface area (Å²) in [7, 11) is 0. The van der Waals surface area contributed by atoms with Gasteiger partial charge < -0.3 is 0 Å². The van der Waals surface area contributed by atoms with Crippen LogP contribution in [-0.2, 0) is 4.79 Å². The molecule has 0 saturated heterocycles. The molecule has 1 nitrogen and oxygen atoms in total. The number of hydrogen-bond donors (Lipinski definition) is 0. The molecule has 0 rings (SSSR count). The van der Waals surface area contributed by atoms with Crippen LogP contribution in [0, 0.1) is 0 Å². The second-order valence-corrected chi connectivity index (χ2v) is 1.96. The van der Waals surface area contributed by atoms with Crippen molar-refractivity contribution < 1.29 is 4.79 Å². The Balaban J connectivity index is 2.82. The topological polar surface area (TPSA) is 17.1 Å². The standard InChI is InChI=1S/C8H13O/c1-2-3-4-5-6-7-8-9/h2-3H,4-7H2,1H3. The highest BCUT2D eigenvalue weighted by Gasteiger charge is 1.83. The summed E-state index contributed by atoms with van der Waals surface area (Å²) in [5.41, 5.74) is 0. The highest BCUT2D eigenvalue weighted by atomic mass is 16.1. The number of unbranched alkanes of at least 4 members (excludes halogenated alkanes) is 3. The van der Waals surface area contributed by atoms with Gasteiger partial charge in [-0.15, -0.1) is 0 Å². The van der Waals surface area contributed by atoms with Crippen molar-refractivity contribution in [1.82, 2.24) is 0 Å². The highest BCUT2D eigenvalue weighted by molar-refractivity contribution is 5.50. The van der Waals surface area contributed by atoms with E-state index in [2.05, 4.69) is 6.08 Å². The molecule has 0 aliphatic heterocycles. The normalized spacial score (nSPS) is 10.3. The van der Waals surface area contributed by atoms with E-state index < -0.39 is 0 Å². The Morgan fingerprint density at radius 1 is 1.44 bits per heavy atom. The summed E-state index contributed by atoms with van der Waals surface area (Å²) >= 11 is 0. The summed E-state index contributed by atoms with van der Waals surface area (Å²) in [5.74, 6) is 0. The van der Waals surface area contributed by atoms with Gasteiger partial charge in [-0.1, -0.05) is 12.2 Å². The first-order chi connectivity index (χ1) is 4.41. The predicted molar refractivity (Wildman–Crippen MR) is 39.0 cm³/mol. The van der Waals surface area contributed by atoms with Crippen LogP contribution in [0.2, 0.25) is 0 Å². The molecule has 1 heteroatoms. The molecule has 0 spiro atoms. The van der Waals surface area contributed by atoms with Crippen LogP contribution in [0.1, 0.15) is 32.6 Å². The van der Waals surface area contributed by atoms with Gasteiger partial charge in [-0.3, -0.25) is 4.79 Å². The Hall–Kier alpha value is -0.590. The molecule has 0 unspecified atom stereocenters. The SMILES string of the molecule is CC=CCCCC[C]=O. The number of allylic oxidation sites excluding steroid dienone is 2. The van der Waals surface area contributed by atoms with E-state index in [1.54, 1.807) is 0 Å². The summed E-state index contributed by atoms with van der Waals surface area (Å²) in [4.78, 5) is 9.69. The van der Waals surface area contributed by atoms with Crippen LogP contribution < -0.4 is 0 Å². The van der Waals surface area contributed by atoms with Crippen LogP contribution in [0.25, 0.3) is 0 Å². The molecule has 1 radical (unpaired) electrons. The van der Waals surface area contributed by atoms with E-state index in [0.717, 1.165) is 19.3 Å².